The van der Waals surface area contributed by atoms with Crippen molar-refractivity contribution in [3.8, 4) is 5.75 Å². The molecule has 1 aliphatic heterocycles. The number of ether oxygens (including phenoxy) is 1. The van der Waals surface area contributed by atoms with Crippen LogP contribution in [0.4, 0.5) is 4.39 Å². The van der Waals surface area contributed by atoms with Crippen molar-refractivity contribution in [2.24, 2.45) is 0 Å². The lowest BCUT2D eigenvalue weighted by molar-refractivity contribution is 0.0342. The molecule has 1 unspecified atom stereocenters. The molecular formula is C14H19FN2O3. The van der Waals surface area contributed by atoms with Gasteiger partial charge in [0, 0.05) is 31.7 Å². The number of rotatable bonds is 4. The van der Waals surface area contributed by atoms with E-state index in [2.05, 4.69) is 10.2 Å². The molecule has 2 rings (SSSR count). The van der Waals surface area contributed by atoms with Crippen molar-refractivity contribution in [1.29, 1.82) is 0 Å². The normalized spacial score (nSPS) is 17.7. The van der Waals surface area contributed by atoms with Crippen molar-refractivity contribution in [2.45, 2.75) is 13.0 Å². The first-order valence-corrected chi connectivity index (χ1v) is 6.66. The number of carbonyl (C=O) groups is 1. The number of nitrogens with one attached hydrogen (secondary N) is 1. The number of phenols is 1. The number of amides is 1. The molecule has 5 nitrogen and oxygen atoms in total. The monoisotopic (exact) mass is 282 g/mol. The van der Waals surface area contributed by atoms with E-state index in [0.29, 0.717) is 13.2 Å². The number of hydrogen-bond donors (Lipinski definition) is 2. The summed E-state index contributed by atoms with van der Waals surface area (Å²) in [6, 6.07) is 3.30. The number of phenolic OH excluding ortho intramolecular Hbond substituents is 1. The van der Waals surface area contributed by atoms with Crippen LogP contribution < -0.4 is 5.32 Å². The molecular weight excluding hydrogens is 263 g/mol. The average molecular weight is 282 g/mol. The Labute approximate surface area is 117 Å². The molecule has 0 saturated carbocycles. The SMILES string of the molecule is CC(CN1CCOCC1)NC(=O)c1ccc(F)cc1O. The Morgan fingerprint density at radius 2 is 2.20 bits per heavy atom. The molecule has 20 heavy (non-hydrogen) atoms. The molecule has 1 amide bonds. The van der Waals surface area contributed by atoms with Gasteiger partial charge in [0.25, 0.3) is 5.91 Å². The zero-order valence-corrected chi connectivity index (χ0v) is 11.4. The van der Waals surface area contributed by atoms with Crippen LogP contribution in [0, 0.1) is 5.82 Å². The number of benzene rings is 1. The van der Waals surface area contributed by atoms with E-state index >= 15 is 0 Å². The van der Waals surface area contributed by atoms with E-state index in [0.717, 1.165) is 31.8 Å². The largest absolute Gasteiger partial charge is 0.507 e. The maximum atomic E-state index is 12.9. The van der Waals surface area contributed by atoms with Crippen molar-refractivity contribution in [3.63, 3.8) is 0 Å². The fraction of sp³-hybridized carbons (Fsp3) is 0.500. The molecule has 0 aromatic heterocycles. The quantitative estimate of drug-likeness (QED) is 0.864. The Morgan fingerprint density at radius 3 is 2.85 bits per heavy atom. The maximum absolute atomic E-state index is 12.9. The number of aromatic hydroxyl groups is 1. The van der Waals surface area contributed by atoms with Gasteiger partial charge >= 0.3 is 0 Å². The Hall–Kier alpha value is -1.66. The highest BCUT2D eigenvalue weighted by Gasteiger charge is 2.17. The molecule has 1 aromatic carbocycles. The van der Waals surface area contributed by atoms with Crippen LogP contribution in [0.5, 0.6) is 5.75 Å². The van der Waals surface area contributed by atoms with Gasteiger partial charge in [-0.05, 0) is 19.1 Å². The van der Waals surface area contributed by atoms with Gasteiger partial charge in [0.2, 0.25) is 0 Å². The third kappa shape index (κ3) is 3.91. The molecule has 1 heterocycles. The minimum Gasteiger partial charge on any atom is -0.507 e. The van der Waals surface area contributed by atoms with Crippen LogP contribution in [0.2, 0.25) is 0 Å². The van der Waals surface area contributed by atoms with E-state index in [1.54, 1.807) is 0 Å². The Morgan fingerprint density at radius 1 is 1.50 bits per heavy atom. The summed E-state index contributed by atoms with van der Waals surface area (Å²) >= 11 is 0. The van der Waals surface area contributed by atoms with Crippen LogP contribution in [0.15, 0.2) is 18.2 Å². The van der Waals surface area contributed by atoms with Crippen molar-refractivity contribution in [3.05, 3.63) is 29.6 Å². The number of nitrogens with zero attached hydrogens (tertiary/aromatic N) is 1. The smallest absolute Gasteiger partial charge is 0.255 e. The first-order valence-electron chi connectivity index (χ1n) is 6.66. The second-order valence-corrected chi connectivity index (χ2v) is 4.95. The van der Waals surface area contributed by atoms with Crippen LogP contribution in [0.25, 0.3) is 0 Å². The molecule has 0 spiro atoms. The second-order valence-electron chi connectivity index (χ2n) is 4.95. The molecule has 1 fully saturated rings. The van der Waals surface area contributed by atoms with Crippen molar-refractivity contribution in [2.75, 3.05) is 32.8 Å². The summed E-state index contributed by atoms with van der Waals surface area (Å²) < 4.78 is 18.1. The number of carbonyl (C=O) groups excluding carboxylic acids is 1. The van der Waals surface area contributed by atoms with E-state index in [1.807, 2.05) is 6.92 Å². The van der Waals surface area contributed by atoms with Crippen LogP contribution in [-0.4, -0.2) is 54.8 Å². The standard InChI is InChI=1S/C14H19FN2O3/c1-10(9-17-4-6-20-7-5-17)16-14(19)12-3-2-11(15)8-13(12)18/h2-3,8,10,18H,4-7,9H2,1H3,(H,16,19). The van der Waals surface area contributed by atoms with E-state index in [-0.39, 0.29) is 17.4 Å². The lowest BCUT2D eigenvalue weighted by Gasteiger charge is -2.29. The third-order valence-corrected chi connectivity index (χ3v) is 3.22. The predicted molar refractivity (Wildman–Crippen MR) is 72.3 cm³/mol. The van der Waals surface area contributed by atoms with E-state index < -0.39 is 11.7 Å². The molecule has 1 saturated heterocycles. The van der Waals surface area contributed by atoms with E-state index in [9.17, 15) is 14.3 Å². The van der Waals surface area contributed by atoms with Crippen LogP contribution >= 0.6 is 0 Å². The molecule has 6 heteroatoms. The van der Waals surface area contributed by atoms with Crippen molar-refractivity contribution < 1.29 is 19.0 Å². The molecule has 1 atom stereocenters. The van der Waals surface area contributed by atoms with Gasteiger partial charge < -0.3 is 15.2 Å². The average Bonchev–Trinajstić information content (AvgIpc) is 2.39. The first kappa shape index (κ1) is 14.7. The second kappa shape index (κ2) is 6.67. The van der Waals surface area contributed by atoms with Crippen LogP contribution in [-0.2, 0) is 4.74 Å². The van der Waals surface area contributed by atoms with Crippen LogP contribution in [0.1, 0.15) is 17.3 Å². The lowest BCUT2D eigenvalue weighted by Crippen LogP contribution is -2.46. The zero-order chi connectivity index (χ0) is 14.5. The highest BCUT2D eigenvalue weighted by Crippen LogP contribution is 2.17. The van der Waals surface area contributed by atoms with Gasteiger partial charge in [0.15, 0.2) is 0 Å². The van der Waals surface area contributed by atoms with Gasteiger partial charge in [0.05, 0.1) is 18.8 Å². The summed E-state index contributed by atoms with van der Waals surface area (Å²) in [5.41, 5.74) is 0.0835. The number of morpholine rings is 1. The van der Waals surface area contributed by atoms with Gasteiger partial charge in [-0.15, -0.1) is 0 Å². The third-order valence-electron chi connectivity index (χ3n) is 3.22. The number of hydrogen-bond acceptors (Lipinski definition) is 4. The van der Waals surface area contributed by atoms with Gasteiger partial charge in [-0.3, -0.25) is 9.69 Å². The molecule has 110 valence electrons. The lowest BCUT2D eigenvalue weighted by atomic mass is 10.1. The summed E-state index contributed by atoms with van der Waals surface area (Å²) in [5.74, 6) is -1.32. The summed E-state index contributed by atoms with van der Waals surface area (Å²) in [7, 11) is 0. The maximum Gasteiger partial charge on any atom is 0.255 e. The summed E-state index contributed by atoms with van der Waals surface area (Å²) in [4.78, 5) is 14.2. The number of halogens is 1. The van der Waals surface area contributed by atoms with Gasteiger partial charge in [-0.2, -0.15) is 0 Å². The molecule has 0 radical (unpaired) electrons. The molecule has 1 aliphatic rings. The van der Waals surface area contributed by atoms with E-state index in [1.165, 1.54) is 6.07 Å². The minimum atomic E-state index is -0.569. The minimum absolute atomic E-state index is 0.0648. The fourth-order valence-corrected chi connectivity index (χ4v) is 2.22. The first-order chi connectivity index (χ1) is 9.56. The van der Waals surface area contributed by atoms with Gasteiger partial charge in [-0.25, -0.2) is 4.39 Å². The molecule has 2 N–H and O–H groups in total. The van der Waals surface area contributed by atoms with E-state index in [4.69, 9.17) is 4.74 Å². The fourth-order valence-electron chi connectivity index (χ4n) is 2.22. The summed E-state index contributed by atoms with van der Waals surface area (Å²) in [6.45, 7) is 5.73. The van der Waals surface area contributed by atoms with Gasteiger partial charge in [0.1, 0.15) is 11.6 Å². The highest BCUT2D eigenvalue weighted by atomic mass is 19.1. The van der Waals surface area contributed by atoms with Crippen LogP contribution in [0.3, 0.4) is 0 Å². The Kier molecular flexibility index (Phi) is 4.92. The molecule has 0 bridgehead atoms. The van der Waals surface area contributed by atoms with Gasteiger partial charge in [-0.1, -0.05) is 0 Å². The molecule has 1 aromatic rings. The predicted octanol–water partition coefficient (Wildman–Crippen LogP) is 0.982. The molecule has 0 aliphatic carbocycles. The Bertz CT molecular complexity index is 475. The topological polar surface area (TPSA) is 61.8 Å². The zero-order valence-electron chi connectivity index (χ0n) is 11.4. The summed E-state index contributed by atoms with van der Waals surface area (Å²) in [5, 5.41) is 12.4. The summed E-state index contributed by atoms with van der Waals surface area (Å²) in [6.07, 6.45) is 0. The van der Waals surface area contributed by atoms with Crippen molar-refractivity contribution >= 4 is 5.91 Å². The van der Waals surface area contributed by atoms with Crippen molar-refractivity contribution in [1.82, 2.24) is 10.2 Å². The highest BCUT2D eigenvalue weighted by molar-refractivity contribution is 5.96. The Balaban J connectivity index is 1.89.